The lowest BCUT2D eigenvalue weighted by Crippen LogP contribution is -2.36. The van der Waals surface area contributed by atoms with Crippen LogP contribution in [0.1, 0.15) is 12.0 Å². The van der Waals surface area contributed by atoms with Crippen LogP contribution >= 0.6 is 0 Å². The molecular formula is C22H18N4O4S. The van der Waals surface area contributed by atoms with Gasteiger partial charge in [-0.1, -0.05) is 24.3 Å². The monoisotopic (exact) mass is 434 g/mol. The first-order chi connectivity index (χ1) is 15.0. The Bertz CT molecular complexity index is 1540. The van der Waals surface area contributed by atoms with E-state index >= 15 is 0 Å². The molecule has 0 amide bonds. The SMILES string of the molecule is O=c1[nH]c2cnccc2c(=O)n1-c1cccc(S(=O)(=O)N2CCCc3ccccc32)c1. The third kappa shape index (κ3) is 3.14. The van der Waals surface area contributed by atoms with Gasteiger partial charge in [0.25, 0.3) is 15.6 Å². The van der Waals surface area contributed by atoms with Gasteiger partial charge in [0.15, 0.2) is 0 Å². The van der Waals surface area contributed by atoms with Crippen molar-refractivity contribution in [3.05, 3.63) is 93.4 Å². The van der Waals surface area contributed by atoms with E-state index in [-0.39, 0.29) is 16.0 Å². The van der Waals surface area contributed by atoms with Crippen molar-refractivity contribution in [1.29, 1.82) is 0 Å². The van der Waals surface area contributed by atoms with Gasteiger partial charge < -0.3 is 4.98 Å². The molecule has 31 heavy (non-hydrogen) atoms. The van der Waals surface area contributed by atoms with E-state index in [4.69, 9.17) is 0 Å². The number of para-hydroxylation sites is 1. The molecule has 1 aliphatic rings. The third-order valence-corrected chi connectivity index (χ3v) is 7.24. The van der Waals surface area contributed by atoms with Crippen molar-refractivity contribution in [1.82, 2.24) is 14.5 Å². The zero-order valence-electron chi connectivity index (χ0n) is 16.4. The molecule has 9 heteroatoms. The number of aryl methyl sites for hydroxylation is 1. The van der Waals surface area contributed by atoms with Gasteiger partial charge in [0.05, 0.1) is 33.4 Å². The number of sulfonamides is 1. The summed E-state index contributed by atoms with van der Waals surface area (Å²) in [6.45, 7) is 0.368. The maximum atomic E-state index is 13.5. The average Bonchev–Trinajstić information content (AvgIpc) is 2.79. The fourth-order valence-corrected chi connectivity index (χ4v) is 5.54. The third-order valence-electron chi connectivity index (χ3n) is 5.43. The Morgan fingerprint density at radius 1 is 1.00 bits per heavy atom. The second kappa shape index (κ2) is 7.21. The van der Waals surface area contributed by atoms with E-state index in [9.17, 15) is 18.0 Å². The number of anilines is 1. The maximum absolute atomic E-state index is 13.5. The Labute approximate surface area is 177 Å². The molecule has 8 nitrogen and oxygen atoms in total. The normalized spacial score (nSPS) is 13.9. The molecule has 0 spiro atoms. The van der Waals surface area contributed by atoms with E-state index in [1.54, 1.807) is 6.07 Å². The van der Waals surface area contributed by atoms with Gasteiger partial charge in [-0.2, -0.15) is 0 Å². The van der Waals surface area contributed by atoms with Gasteiger partial charge >= 0.3 is 5.69 Å². The van der Waals surface area contributed by atoms with Gasteiger partial charge in [0.1, 0.15) is 0 Å². The summed E-state index contributed by atoms with van der Waals surface area (Å²) >= 11 is 0. The summed E-state index contributed by atoms with van der Waals surface area (Å²) in [5, 5.41) is 0.285. The summed E-state index contributed by atoms with van der Waals surface area (Å²) in [5.41, 5.74) is 0.929. The van der Waals surface area contributed by atoms with Crippen LogP contribution in [0, 0.1) is 0 Å². The van der Waals surface area contributed by atoms with Gasteiger partial charge in [-0.3, -0.25) is 14.1 Å². The highest BCUT2D eigenvalue weighted by Crippen LogP contribution is 2.32. The van der Waals surface area contributed by atoms with Crippen LogP contribution in [0.3, 0.4) is 0 Å². The minimum atomic E-state index is -3.88. The molecule has 0 fully saturated rings. The first kappa shape index (κ1) is 19.3. The molecule has 3 heterocycles. The fourth-order valence-electron chi connectivity index (χ4n) is 3.96. The molecule has 4 aromatic rings. The van der Waals surface area contributed by atoms with Crippen LogP contribution in [0.25, 0.3) is 16.6 Å². The van der Waals surface area contributed by atoms with Crippen LogP contribution in [0.15, 0.2) is 81.5 Å². The first-order valence-electron chi connectivity index (χ1n) is 9.77. The molecule has 0 atom stereocenters. The van der Waals surface area contributed by atoms with Crippen LogP contribution in [0.5, 0.6) is 0 Å². The lowest BCUT2D eigenvalue weighted by Gasteiger charge is -2.30. The molecule has 0 bridgehead atoms. The molecule has 1 N–H and O–H groups in total. The topological polar surface area (TPSA) is 105 Å². The number of nitrogens with one attached hydrogen (secondary N) is 1. The van der Waals surface area contributed by atoms with Crippen molar-refractivity contribution < 1.29 is 8.42 Å². The van der Waals surface area contributed by atoms with Crippen LogP contribution in [-0.4, -0.2) is 29.5 Å². The number of rotatable bonds is 3. The number of hydrogen-bond acceptors (Lipinski definition) is 5. The van der Waals surface area contributed by atoms with Crippen molar-refractivity contribution >= 4 is 26.6 Å². The number of aromatic amines is 1. The highest BCUT2D eigenvalue weighted by molar-refractivity contribution is 7.92. The molecule has 0 aliphatic carbocycles. The summed E-state index contributed by atoms with van der Waals surface area (Å²) in [7, 11) is -3.88. The van der Waals surface area contributed by atoms with Crippen molar-refractivity contribution in [2.24, 2.45) is 0 Å². The Kier molecular flexibility index (Phi) is 4.48. The minimum Gasteiger partial charge on any atom is -0.305 e. The number of H-pyrrole nitrogens is 1. The second-order valence-corrected chi connectivity index (χ2v) is 9.16. The number of benzene rings is 2. The van der Waals surface area contributed by atoms with Crippen molar-refractivity contribution in [2.75, 3.05) is 10.8 Å². The first-order valence-corrected chi connectivity index (χ1v) is 11.2. The minimum absolute atomic E-state index is 0.0165. The number of aromatic nitrogens is 3. The van der Waals surface area contributed by atoms with Crippen molar-refractivity contribution in [3.63, 3.8) is 0 Å². The average molecular weight is 434 g/mol. The number of nitrogens with zero attached hydrogens (tertiary/aromatic N) is 3. The summed E-state index contributed by atoms with van der Waals surface area (Å²) in [5.74, 6) is 0. The largest absolute Gasteiger partial charge is 0.333 e. The van der Waals surface area contributed by atoms with Gasteiger partial charge in [0.2, 0.25) is 0 Å². The standard InChI is InChI=1S/C22H18N4O4S/c27-21-18-10-11-23-14-19(18)24-22(28)26(21)16-7-3-8-17(13-16)31(29,30)25-12-4-6-15-5-1-2-9-20(15)25/h1-3,5,7-11,13-14H,4,6,12H2,(H,24,28). The molecule has 1 aliphatic heterocycles. The van der Waals surface area contributed by atoms with Crippen LogP contribution in [0.2, 0.25) is 0 Å². The van der Waals surface area contributed by atoms with Crippen molar-refractivity contribution in [2.45, 2.75) is 17.7 Å². The van der Waals surface area contributed by atoms with E-state index in [0.29, 0.717) is 24.2 Å². The predicted molar refractivity (Wildman–Crippen MR) is 117 cm³/mol. The predicted octanol–water partition coefficient (Wildman–Crippen LogP) is 2.22. The second-order valence-electron chi connectivity index (χ2n) is 7.30. The molecule has 5 rings (SSSR count). The molecular weight excluding hydrogens is 416 g/mol. The van der Waals surface area contributed by atoms with Gasteiger partial charge in [0, 0.05) is 12.7 Å². The van der Waals surface area contributed by atoms with E-state index in [1.165, 1.54) is 47.0 Å². The molecule has 2 aromatic heterocycles. The number of pyridine rings is 1. The van der Waals surface area contributed by atoms with Gasteiger partial charge in [-0.15, -0.1) is 0 Å². The Balaban J connectivity index is 1.65. The quantitative estimate of drug-likeness (QED) is 0.532. The Hall–Kier alpha value is -3.72. The molecule has 2 aromatic carbocycles. The van der Waals surface area contributed by atoms with E-state index in [2.05, 4.69) is 9.97 Å². The molecule has 156 valence electrons. The van der Waals surface area contributed by atoms with E-state index in [0.717, 1.165) is 16.6 Å². The molecule has 0 saturated heterocycles. The van der Waals surface area contributed by atoms with Gasteiger partial charge in [-0.25, -0.2) is 17.8 Å². The molecule has 0 saturated carbocycles. The highest BCUT2D eigenvalue weighted by Gasteiger charge is 2.29. The van der Waals surface area contributed by atoms with Crippen LogP contribution in [-0.2, 0) is 16.4 Å². The van der Waals surface area contributed by atoms with Gasteiger partial charge in [-0.05, 0) is 48.7 Å². The zero-order valence-corrected chi connectivity index (χ0v) is 17.2. The Morgan fingerprint density at radius 2 is 1.84 bits per heavy atom. The fraction of sp³-hybridized carbons (Fsp3) is 0.136. The zero-order chi connectivity index (χ0) is 21.6. The maximum Gasteiger partial charge on any atom is 0.333 e. The lowest BCUT2D eigenvalue weighted by molar-refractivity contribution is 0.586. The molecule has 0 radical (unpaired) electrons. The number of fused-ring (bicyclic) bond motifs is 2. The van der Waals surface area contributed by atoms with Crippen LogP contribution in [0.4, 0.5) is 5.69 Å². The smallest absolute Gasteiger partial charge is 0.305 e. The van der Waals surface area contributed by atoms with Crippen molar-refractivity contribution in [3.8, 4) is 5.69 Å². The van der Waals surface area contributed by atoms with E-state index < -0.39 is 21.3 Å². The number of hydrogen-bond donors (Lipinski definition) is 1. The lowest BCUT2D eigenvalue weighted by atomic mass is 10.0. The van der Waals surface area contributed by atoms with Crippen LogP contribution < -0.4 is 15.6 Å². The molecule has 0 unspecified atom stereocenters. The summed E-state index contributed by atoms with van der Waals surface area (Å²) in [4.78, 5) is 32.1. The van der Waals surface area contributed by atoms with E-state index in [1.807, 2.05) is 18.2 Å². The highest BCUT2D eigenvalue weighted by atomic mass is 32.2. The summed E-state index contributed by atoms with van der Waals surface area (Å²) in [6, 6.07) is 14.8. The summed E-state index contributed by atoms with van der Waals surface area (Å²) < 4.78 is 29.2. The Morgan fingerprint density at radius 3 is 2.71 bits per heavy atom. The summed E-state index contributed by atoms with van der Waals surface area (Å²) in [6.07, 6.45) is 4.39.